The largest absolute Gasteiger partial charge is 0.352 e. The molecule has 3 unspecified atom stereocenters. The second kappa shape index (κ2) is 6.72. The van der Waals surface area contributed by atoms with E-state index in [1.54, 1.807) is 0 Å². The number of hydrogen-bond donors (Lipinski definition) is 2. The Morgan fingerprint density at radius 3 is 2.43 bits per heavy atom. The summed E-state index contributed by atoms with van der Waals surface area (Å²) in [7, 11) is 0. The lowest BCUT2D eigenvalue weighted by Gasteiger charge is -2.60. The lowest BCUT2D eigenvalue weighted by Crippen LogP contribution is -2.63. The molecule has 0 aromatic heterocycles. The van der Waals surface area contributed by atoms with Gasteiger partial charge in [-0.1, -0.05) is 29.8 Å². The van der Waals surface area contributed by atoms with Gasteiger partial charge in [0.15, 0.2) is 0 Å². The van der Waals surface area contributed by atoms with Crippen LogP contribution in [-0.2, 0) is 9.59 Å². The van der Waals surface area contributed by atoms with E-state index < -0.39 is 0 Å². The van der Waals surface area contributed by atoms with Gasteiger partial charge in [0, 0.05) is 17.5 Å². The number of alkyl halides is 1. The molecule has 1 saturated heterocycles. The van der Waals surface area contributed by atoms with Gasteiger partial charge in [0.05, 0.1) is 4.83 Å². The Hall–Kier alpha value is -0.580. The highest BCUT2D eigenvalue weighted by Crippen LogP contribution is 2.65. The Balaban J connectivity index is 1.56. The fourth-order valence-electron chi connectivity index (χ4n) is 7.62. The topological polar surface area (TPSA) is 58.2 Å². The van der Waals surface area contributed by atoms with Gasteiger partial charge in [0.1, 0.15) is 0 Å². The molecule has 28 heavy (non-hydrogen) atoms. The fraction of sp³-hybridized carbons (Fsp3) is 0.913. The van der Waals surface area contributed by atoms with Crippen LogP contribution in [0.1, 0.15) is 79.6 Å². The number of halogens is 1. The van der Waals surface area contributed by atoms with E-state index in [1.165, 1.54) is 19.3 Å². The van der Waals surface area contributed by atoms with Crippen molar-refractivity contribution in [1.29, 1.82) is 0 Å². The molecule has 5 heteroatoms. The molecule has 4 aliphatic rings. The van der Waals surface area contributed by atoms with Gasteiger partial charge < -0.3 is 10.6 Å². The molecule has 1 aliphatic heterocycles. The molecule has 3 saturated carbocycles. The van der Waals surface area contributed by atoms with Crippen LogP contribution in [0.5, 0.6) is 0 Å². The summed E-state index contributed by atoms with van der Waals surface area (Å²) in [5.74, 6) is 2.59. The van der Waals surface area contributed by atoms with Crippen molar-refractivity contribution in [3.8, 4) is 0 Å². The van der Waals surface area contributed by atoms with Crippen LogP contribution in [0.15, 0.2) is 0 Å². The fourth-order valence-corrected chi connectivity index (χ4v) is 8.44. The van der Waals surface area contributed by atoms with Crippen LogP contribution in [0.3, 0.4) is 0 Å². The first kappa shape index (κ1) is 20.7. The highest BCUT2D eigenvalue weighted by atomic mass is 79.9. The maximum absolute atomic E-state index is 13.1. The molecular formula is C23H37BrN2O2. The predicted molar refractivity (Wildman–Crippen MR) is 115 cm³/mol. The van der Waals surface area contributed by atoms with Gasteiger partial charge in [0.25, 0.3) is 0 Å². The zero-order valence-electron chi connectivity index (χ0n) is 18.1. The highest BCUT2D eigenvalue weighted by molar-refractivity contribution is 9.10. The van der Waals surface area contributed by atoms with E-state index in [2.05, 4.69) is 61.2 Å². The Kier molecular flexibility index (Phi) is 4.96. The zero-order valence-corrected chi connectivity index (χ0v) is 19.7. The second-order valence-electron chi connectivity index (χ2n) is 11.6. The number of carbonyl (C=O) groups is 2. The average Bonchev–Trinajstić information content (AvgIpc) is 2.92. The summed E-state index contributed by atoms with van der Waals surface area (Å²) in [5.41, 5.74) is 0.142. The molecule has 3 aliphatic carbocycles. The molecule has 4 fully saturated rings. The lowest BCUT2D eigenvalue weighted by molar-refractivity contribution is -0.141. The third-order valence-corrected chi connectivity index (χ3v) is 9.64. The van der Waals surface area contributed by atoms with E-state index in [4.69, 9.17) is 0 Å². The van der Waals surface area contributed by atoms with Crippen LogP contribution in [0.4, 0.5) is 0 Å². The minimum absolute atomic E-state index is 0.0605. The summed E-state index contributed by atoms with van der Waals surface area (Å²) in [5, 5.41) is 6.58. The van der Waals surface area contributed by atoms with E-state index in [0.29, 0.717) is 23.8 Å². The van der Waals surface area contributed by atoms with Crippen molar-refractivity contribution in [3.63, 3.8) is 0 Å². The van der Waals surface area contributed by atoms with E-state index in [-0.39, 0.29) is 38.9 Å². The Bertz CT molecular complexity index is 674. The highest BCUT2D eigenvalue weighted by Gasteiger charge is 2.62. The molecule has 2 N–H and O–H groups in total. The maximum Gasteiger partial charge on any atom is 0.234 e. The molecule has 0 bridgehead atoms. The number of fused-ring (bicyclic) bond motifs is 5. The van der Waals surface area contributed by atoms with Crippen molar-refractivity contribution in [1.82, 2.24) is 10.6 Å². The predicted octanol–water partition coefficient (Wildman–Crippen LogP) is 4.41. The van der Waals surface area contributed by atoms with Gasteiger partial charge in [-0.25, -0.2) is 0 Å². The third-order valence-electron chi connectivity index (χ3n) is 8.90. The smallest absolute Gasteiger partial charge is 0.234 e. The summed E-state index contributed by atoms with van der Waals surface area (Å²) >= 11 is 3.63. The van der Waals surface area contributed by atoms with Crippen LogP contribution in [0, 0.1) is 34.5 Å². The van der Waals surface area contributed by atoms with Crippen molar-refractivity contribution in [2.24, 2.45) is 34.5 Å². The number of rotatable bonds is 1. The van der Waals surface area contributed by atoms with E-state index in [1.807, 2.05) is 0 Å². The SMILES string of the molecule is CC(C)(C)NC(=O)C1CC[C@H]2[C@@H]3CCC4NC(=O)C(Br)C[C@]4(C)[C@@H]3CC[C@]12C. The van der Waals surface area contributed by atoms with Gasteiger partial charge in [-0.2, -0.15) is 0 Å². The van der Waals surface area contributed by atoms with Crippen molar-refractivity contribution in [3.05, 3.63) is 0 Å². The van der Waals surface area contributed by atoms with Crippen LogP contribution in [0.2, 0.25) is 0 Å². The Morgan fingerprint density at radius 2 is 1.75 bits per heavy atom. The minimum atomic E-state index is -0.167. The van der Waals surface area contributed by atoms with Gasteiger partial charge in [-0.15, -0.1) is 0 Å². The molecule has 1 heterocycles. The molecule has 4 nitrogen and oxygen atoms in total. The van der Waals surface area contributed by atoms with Gasteiger partial charge >= 0.3 is 0 Å². The van der Waals surface area contributed by atoms with Crippen molar-refractivity contribution >= 4 is 27.7 Å². The average molecular weight is 453 g/mol. The number of piperidine rings is 1. The number of nitrogens with one attached hydrogen (secondary N) is 2. The monoisotopic (exact) mass is 452 g/mol. The van der Waals surface area contributed by atoms with Crippen LogP contribution < -0.4 is 10.6 Å². The van der Waals surface area contributed by atoms with Gasteiger partial charge in [0.2, 0.25) is 11.8 Å². The first-order chi connectivity index (χ1) is 13.0. The molecule has 0 aromatic rings. The standard InChI is InChI=1S/C23H37BrN2O2/c1-21(2,3)26-19(27)16-8-7-14-13-6-9-18-23(5,12-17(24)20(28)25-18)15(13)10-11-22(14,16)4/h13-18H,6-12H2,1-5H3,(H,25,28)(H,26,27)/t13-,14-,15+,16?,17?,18?,22-,23+/m0/s1. The van der Waals surface area contributed by atoms with Crippen molar-refractivity contribution < 1.29 is 9.59 Å². The molecule has 2 amide bonds. The minimum Gasteiger partial charge on any atom is -0.352 e. The van der Waals surface area contributed by atoms with Crippen molar-refractivity contribution in [2.75, 3.05) is 0 Å². The second-order valence-corrected chi connectivity index (χ2v) is 12.7. The Labute approximate surface area is 178 Å². The van der Waals surface area contributed by atoms with Crippen LogP contribution in [-0.4, -0.2) is 28.2 Å². The number of amides is 2. The van der Waals surface area contributed by atoms with Crippen LogP contribution >= 0.6 is 15.9 Å². The molecule has 0 radical (unpaired) electrons. The normalized spacial score (nSPS) is 48.1. The quantitative estimate of drug-likeness (QED) is 0.578. The third kappa shape index (κ3) is 3.15. The molecule has 8 atom stereocenters. The molecule has 0 aromatic carbocycles. The number of hydrogen-bond acceptors (Lipinski definition) is 2. The summed E-state index contributed by atoms with van der Waals surface area (Å²) in [6.45, 7) is 11.0. The first-order valence-electron chi connectivity index (χ1n) is 11.2. The van der Waals surface area contributed by atoms with Gasteiger partial charge in [-0.3, -0.25) is 9.59 Å². The Morgan fingerprint density at radius 1 is 1.07 bits per heavy atom. The summed E-state index contributed by atoms with van der Waals surface area (Å²) < 4.78 is 0. The van der Waals surface area contributed by atoms with Gasteiger partial charge in [-0.05, 0) is 94.3 Å². The number of carbonyl (C=O) groups excluding carboxylic acids is 2. The van der Waals surface area contributed by atoms with E-state index in [0.717, 1.165) is 25.7 Å². The summed E-state index contributed by atoms with van der Waals surface area (Å²) in [6.07, 6.45) is 7.79. The lowest BCUT2D eigenvalue weighted by atomic mass is 9.47. The maximum atomic E-state index is 13.1. The zero-order chi connectivity index (χ0) is 20.5. The molecular weight excluding hydrogens is 416 g/mol. The molecule has 4 rings (SSSR count). The van der Waals surface area contributed by atoms with Crippen LogP contribution in [0.25, 0.3) is 0 Å². The molecule has 158 valence electrons. The van der Waals surface area contributed by atoms with E-state index >= 15 is 0 Å². The van der Waals surface area contributed by atoms with Crippen molar-refractivity contribution in [2.45, 2.75) is 96.0 Å². The summed E-state index contributed by atoms with van der Waals surface area (Å²) in [6, 6.07) is 0.320. The summed E-state index contributed by atoms with van der Waals surface area (Å²) in [4.78, 5) is 25.2. The first-order valence-corrected chi connectivity index (χ1v) is 12.1. The van der Waals surface area contributed by atoms with E-state index in [9.17, 15) is 9.59 Å². The molecule has 0 spiro atoms.